The molecule has 1 saturated heterocycles. The summed E-state index contributed by atoms with van der Waals surface area (Å²) in [6.07, 6.45) is 3.42. The maximum Gasteiger partial charge on any atom is 0.253 e. The average molecular weight is 345 g/mol. The molecule has 0 spiro atoms. The number of benzene rings is 1. The van der Waals surface area contributed by atoms with Crippen LogP contribution < -0.4 is 0 Å². The molecule has 1 saturated carbocycles. The van der Waals surface area contributed by atoms with Crippen molar-refractivity contribution in [2.24, 2.45) is 5.92 Å². The maximum absolute atomic E-state index is 12.9. The standard InChI is InChI=1S/C20H31N3O2/c1-21(2)13-16-5-7-18(8-6-16)20(25)23-11-10-22(14-17-3-4-17)19(15-23)9-12-24/h5-8,17,19,24H,3-4,9-15H2,1-2H3/t19-/m0/s1. The van der Waals surface area contributed by atoms with Gasteiger partial charge < -0.3 is 14.9 Å². The molecule has 1 N–H and O–H groups in total. The van der Waals surface area contributed by atoms with Crippen LogP contribution in [0.5, 0.6) is 0 Å². The number of carbonyl (C=O) groups is 1. The third-order valence-electron chi connectivity index (χ3n) is 5.24. The zero-order valence-electron chi connectivity index (χ0n) is 15.5. The van der Waals surface area contributed by atoms with E-state index in [1.54, 1.807) is 0 Å². The minimum absolute atomic E-state index is 0.116. The van der Waals surface area contributed by atoms with Gasteiger partial charge in [-0.15, -0.1) is 0 Å². The predicted octanol–water partition coefficient (Wildman–Crippen LogP) is 1.67. The molecular weight excluding hydrogens is 314 g/mol. The lowest BCUT2D eigenvalue weighted by Gasteiger charge is -2.41. The van der Waals surface area contributed by atoms with Gasteiger partial charge in [0, 0.05) is 50.9 Å². The van der Waals surface area contributed by atoms with E-state index in [2.05, 4.69) is 9.80 Å². The van der Waals surface area contributed by atoms with Gasteiger partial charge in [-0.1, -0.05) is 12.1 Å². The molecule has 0 radical (unpaired) electrons. The summed E-state index contributed by atoms with van der Waals surface area (Å²) in [4.78, 5) is 19.4. The Labute approximate surface area is 151 Å². The molecule has 1 aliphatic carbocycles. The van der Waals surface area contributed by atoms with Crippen molar-refractivity contribution in [2.45, 2.75) is 31.8 Å². The van der Waals surface area contributed by atoms with E-state index in [0.29, 0.717) is 0 Å². The van der Waals surface area contributed by atoms with Crippen molar-refractivity contribution in [3.05, 3.63) is 35.4 Å². The third kappa shape index (κ3) is 5.03. The molecule has 1 amide bonds. The van der Waals surface area contributed by atoms with Crippen LogP contribution in [0.3, 0.4) is 0 Å². The summed E-state index contributed by atoms with van der Waals surface area (Å²) < 4.78 is 0. The van der Waals surface area contributed by atoms with Crippen LogP contribution in [-0.4, -0.2) is 78.6 Å². The summed E-state index contributed by atoms with van der Waals surface area (Å²) in [6.45, 7) is 4.63. The van der Waals surface area contributed by atoms with E-state index in [1.807, 2.05) is 43.3 Å². The Kier molecular flexibility index (Phi) is 6.10. The van der Waals surface area contributed by atoms with Crippen LogP contribution in [-0.2, 0) is 6.54 Å². The predicted molar refractivity (Wildman–Crippen MR) is 99.5 cm³/mol. The number of hydrogen-bond acceptors (Lipinski definition) is 4. The van der Waals surface area contributed by atoms with Gasteiger partial charge in [0.25, 0.3) is 5.91 Å². The van der Waals surface area contributed by atoms with Crippen LogP contribution in [0.25, 0.3) is 0 Å². The Balaban J connectivity index is 1.61. The van der Waals surface area contributed by atoms with Crippen molar-refractivity contribution >= 4 is 5.91 Å². The van der Waals surface area contributed by atoms with E-state index in [1.165, 1.54) is 18.4 Å². The number of rotatable bonds is 7. The van der Waals surface area contributed by atoms with Gasteiger partial charge >= 0.3 is 0 Å². The quantitative estimate of drug-likeness (QED) is 0.817. The van der Waals surface area contributed by atoms with Gasteiger partial charge in [0.1, 0.15) is 0 Å². The first-order chi connectivity index (χ1) is 12.1. The van der Waals surface area contributed by atoms with Gasteiger partial charge in [0.15, 0.2) is 0 Å². The van der Waals surface area contributed by atoms with Crippen LogP contribution in [0.1, 0.15) is 35.2 Å². The normalized spacial score (nSPS) is 21.8. The topological polar surface area (TPSA) is 47.0 Å². The number of aliphatic hydroxyl groups is 1. The largest absolute Gasteiger partial charge is 0.396 e. The van der Waals surface area contributed by atoms with E-state index in [0.717, 1.165) is 50.6 Å². The number of aliphatic hydroxyl groups excluding tert-OH is 1. The van der Waals surface area contributed by atoms with Crippen molar-refractivity contribution in [3.63, 3.8) is 0 Å². The molecule has 5 heteroatoms. The molecule has 1 aromatic rings. The van der Waals surface area contributed by atoms with Crippen LogP contribution in [0.2, 0.25) is 0 Å². The van der Waals surface area contributed by atoms with Gasteiger partial charge in [-0.2, -0.15) is 0 Å². The molecular formula is C20H31N3O2. The fraction of sp³-hybridized carbons (Fsp3) is 0.650. The summed E-state index contributed by atoms with van der Waals surface area (Å²) in [6, 6.07) is 8.26. The Hall–Kier alpha value is -1.43. The lowest BCUT2D eigenvalue weighted by molar-refractivity contribution is 0.0407. The van der Waals surface area contributed by atoms with Crippen LogP contribution in [0, 0.1) is 5.92 Å². The van der Waals surface area contributed by atoms with Crippen molar-refractivity contribution in [3.8, 4) is 0 Å². The van der Waals surface area contributed by atoms with Gasteiger partial charge in [-0.25, -0.2) is 0 Å². The average Bonchev–Trinajstić information content (AvgIpc) is 3.40. The van der Waals surface area contributed by atoms with Crippen molar-refractivity contribution in [1.82, 2.24) is 14.7 Å². The Morgan fingerprint density at radius 1 is 1.20 bits per heavy atom. The van der Waals surface area contributed by atoms with E-state index in [4.69, 9.17) is 0 Å². The molecule has 0 aromatic heterocycles. The highest BCUT2D eigenvalue weighted by atomic mass is 16.3. The molecule has 25 heavy (non-hydrogen) atoms. The molecule has 3 rings (SSSR count). The molecule has 0 bridgehead atoms. The zero-order chi connectivity index (χ0) is 17.8. The second-order valence-corrected chi connectivity index (χ2v) is 7.79. The van der Waals surface area contributed by atoms with Crippen molar-refractivity contribution in [1.29, 1.82) is 0 Å². The second kappa shape index (κ2) is 8.30. The molecule has 0 unspecified atom stereocenters. The smallest absolute Gasteiger partial charge is 0.253 e. The number of amides is 1. The fourth-order valence-electron chi connectivity index (χ4n) is 3.67. The van der Waals surface area contributed by atoms with Gasteiger partial charge in [0.2, 0.25) is 0 Å². The first-order valence-electron chi connectivity index (χ1n) is 9.44. The fourth-order valence-corrected chi connectivity index (χ4v) is 3.67. The molecule has 1 aliphatic heterocycles. The molecule has 138 valence electrons. The number of piperazine rings is 1. The summed E-state index contributed by atoms with van der Waals surface area (Å²) in [5.74, 6) is 0.957. The van der Waals surface area contributed by atoms with Crippen LogP contribution >= 0.6 is 0 Å². The Bertz CT molecular complexity index is 569. The van der Waals surface area contributed by atoms with E-state index in [-0.39, 0.29) is 18.6 Å². The molecule has 2 fully saturated rings. The Morgan fingerprint density at radius 3 is 2.52 bits per heavy atom. The van der Waals surface area contributed by atoms with Crippen LogP contribution in [0.4, 0.5) is 0 Å². The summed E-state index contributed by atoms with van der Waals surface area (Å²) in [5, 5.41) is 9.40. The van der Waals surface area contributed by atoms with Crippen molar-refractivity contribution < 1.29 is 9.90 Å². The minimum atomic E-state index is 0.116. The van der Waals surface area contributed by atoms with E-state index < -0.39 is 0 Å². The van der Waals surface area contributed by atoms with Crippen molar-refractivity contribution in [2.75, 3.05) is 46.9 Å². The first-order valence-corrected chi connectivity index (χ1v) is 9.44. The molecule has 1 atom stereocenters. The van der Waals surface area contributed by atoms with E-state index >= 15 is 0 Å². The maximum atomic E-state index is 12.9. The second-order valence-electron chi connectivity index (χ2n) is 7.79. The SMILES string of the molecule is CN(C)Cc1ccc(C(=O)N2CCN(CC3CC3)[C@@H](CCO)C2)cc1. The number of nitrogens with zero attached hydrogens (tertiary/aromatic N) is 3. The molecule has 5 nitrogen and oxygen atoms in total. The lowest BCUT2D eigenvalue weighted by Crippen LogP contribution is -2.55. The third-order valence-corrected chi connectivity index (χ3v) is 5.24. The van der Waals surface area contributed by atoms with Crippen LogP contribution in [0.15, 0.2) is 24.3 Å². The number of hydrogen-bond donors (Lipinski definition) is 1. The molecule has 1 heterocycles. The first kappa shape index (κ1) is 18.4. The van der Waals surface area contributed by atoms with Gasteiger partial charge in [0.05, 0.1) is 0 Å². The summed E-state index contributed by atoms with van der Waals surface area (Å²) >= 11 is 0. The van der Waals surface area contributed by atoms with Gasteiger partial charge in [-0.05, 0) is 57.0 Å². The minimum Gasteiger partial charge on any atom is -0.396 e. The molecule has 1 aromatic carbocycles. The highest BCUT2D eigenvalue weighted by molar-refractivity contribution is 5.94. The lowest BCUT2D eigenvalue weighted by atomic mass is 10.1. The van der Waals surface area contributed by atoms with Gasteiger partial charge in [-0.3, -0.25) is 9.69 Å². The monoisotopic (exact) mass is 345 g/mol. The summed E-state index contributed by atoms with van der Waals surface area (Å²) in [7, 11) is 4.09. The molecule has 2 aliphatic rings. The number of carbonyl (C=O) groups excluding carboxylic acids is 1. The summed E-state index contributed by atoms with van der Waals surface area (Å²) in [5.41, 5.74) is 1.98. The highest BCUT2D eigenvalue weighted by Gasteiger charge is 2.33. The highest BCUT2D eigenvalue weighted by Crippen LogP contribution is 2.31. The zero-order valence-corrected chi connectivity index (χ0v) is 15.5. The van der Waals surface area contributed by atoms with E-state index in [9.17, 15) is 9.90 Å². The Morgan fingerprint density at radius 2 is 1.92 bits per heavy atom.